The lowest BCUT2D eigenvalue weighted by Crippen LogP contribution is -1.90. The van der Waals surface area contributed by atoms with Crippen molar-refractivity contribution in [2.45, 2.75) is 5.88 Å². The van der Waals surface area contributed by atoms with E-state index in [1.165, 1.54) is 0 Å². The number of hydrogen-bond donors (Lipinski definition) is 0. The molecule has 0 spiro atoms. The molecule has 0 amide bonds. The Balaban J connectivity index is 2.55. The molecule has 3 nitrogen and oxygen atoms in total. The lowest BCUT2D eigenvalue weighted by atomic mass is 10.2. The number of nitrogens with zero attached hydrogens (tertiary/aromatic N) is 2. The Morgan fingerprint density at radius 2 is 1.88 bits per heavy atom. The highest BCUT2D eigenvalue weighted by atomic mass is 79.9. The fourth-order valence-electron chi connectivity index (χ4n) is 1.16. The molecule has 2 aromatic rings. The van der Waals surface area contributed by atoms with Crippen LogP contribution in [0.2, 0.25) is 0 Å². The van der Waals surface area contributed by atoms with Crippen LogP contribution in [0.3, 0.4) is 0 Å². The van der Waals surface area contributed by atoms with Gasteiger partial charge in [-0.1, -0.05) is 15.9 Å². The first-order valence-corrected chi connectivity index (χ1v) is 5.48. The molecule has 0 saturated heterocycles. The standard InChI is InChI=1S/C9H4BrClF2N2O/c10-4-1-5(12)8(6(13)2-4)9-15-14-7(3-11)16-9/h1-2H,3H2. The van der Waals surface area contributed by atoms with Gasteiger partial charge in [0.1, 0.15) is 23.1 Å². The summed E-state index contributed by atoms with van der Waals surface area (Å²) in [7, 11) is 0. The normalized spacial score (nSPS) is 10.8. The second-order valence-electron chi connectivity index (χ2n) is 2.88. The Kier molecular flexibility index (Phi) is 3.20. The molecule has 0 atom stereocenters. The van der Waals surface area contributed by atoms with Crippen molar-refractivity contribution in [2.24, 2.45) is 0 Å². The first-order chi connectivity index (χ1) is 7.61. The summed E-state index contributed by atoms with van der Waals surface area (Å²) in [4.78, 5) is 0. The van der Waals surface area contributed by atoms with Crippen molar-refractivity contribution in [3.63, 3.8) is 0 Å². The molecule has 16 heavy (non-hydrogen) atoms. The maximum absolute atomic E-state index is 13.5. The van der Waals surface area contributed by atoms with Crippen LogP contribution >= 0.6 is 27.5 Å². The first kappa shape index (κ1) is 11.5. The Hall–Kier alpha value is -1.01. The number of hydrogen-bond acceptors (Lipinski definition) is 3. The summed E-state index contributed by atoms with van der Waals surface area (Å²) in [5, 5.41) is 7.03. The van der Waals surface area contributed by atoms with E-state index < -0.39 is 11.6 Å². The highest BCUT2D eigenvalue weighted by molar-refractivity contribution is 9.10. The zero-order valence-electron chi connectivity index (χ0n) is 7.68. The zero-order chi connectivity index (χ0) is 11.7. The van der Waals surface area contributed by atoms with Crippen molar-refractivity contribution >= 4 is 27.5 Å². The Labute approximate surface area is 103 Å². The van der Waals surface area contributed by atoms with Crippen LogP contribution < -0.4 is 0 Å². The third-order valence-corrected chi connectivity index (χ3v) is 2.49. The number of rotatable bonds is 2. The number of aromatic nitrogens is 2. The topological polar surface area (TPSA) is 38.9 Å². The van der Waals surface area contributed by atoms with Gasteiger partial charge in [-0.05, 0) is 12.1 Å². The van der Waals surface area contributed by atoms with Gasteiger partial charge in [0.05, 0.1) is 0 Å². The second-order valence-corrected chi connectivity index (χ2v) is 4.06. The van der Waals surface area contributed by atoms with E-state index in [2.05, 4.69) is 26.1 Å². The van der Waals surface area contributed by atoms with Crippen LogP contribution in [-0.2, 0) is 5.88 Å². The Morgan fingerprint density at radius 1 is 1.25 bits per heavy atom. The van der Waals surface area contributed by atoms with E-state index in [0.29, 0.717) is 4.47 Å². The van der Waals surface area contributed by atoms with Gasteiger partial charge in [0.25, 0.3) is 5.89 Å². The van der Waals surface area contributed by atoms with E-state index >= 15 is 0 Å². The Morgan fingerprint density at radius 3 is 2.38 bits per heavy atom. The third kappa shape index (κ3) is 2.08. The molecule has 1 aromatic carbocycles. The van der Waals surface area contributed by atoms with Crippen LogP contribution in [0.5, 0.6) is 0 Å². The molecule has 0 saturated carbocycles. The number of halogens is 4. The average molecular weight is 309 g/mol. The van der Waals surface area contributed by atoms with Crippen molar-refractivity contribution in [3.8, 4) is 11.5 Å². The molecule has 1 heterocycles. The van der Waals surface area contributed by atoms with E-state index in [1.807, 2.05) is 0 Å². The van der Waals surface area contributed by atoms with E-state index in [4.69, 9.17) is 16.0 Å². The largest absolute Gasteiger partial charge is 0.419 e. The van der Waals surface area contributed by atoms with Crippen LogP contribution in [-0.4, -0.2) is 10.2 Å². The van der Waals surface area contributed by atoms with Crippen molar-refractivity contribution in [2.75, 3.05) is 0 Å². The molecule has 0 radical (unpaired) electrons. The molecule has 0 bridgehead atoms. The summed E-state index contributed by atoms with van der Waals surface area (Å²) in [5.74, 6) is -1.68. The predicted molar refractivity (Wildman–Crippen MR) is 56.9 cm³/mol. The molecule has 0 fully saturated rings. The van der Waals surface area contributed by atoms with Gasteiger partial charge in [-0.15, -0.1) is 21.8 Å². The molecular weight excluding hydrogens is 305 g/mol. The first-order valence-electron chi connectivity index (χ1n) is 4.15. The molecule has 0 unspecified atom stereocenters. The fourth-order valence-corrected chi connectivity index (χ4v) is 1.67. The maximum Gasteiger partial charge on any atom is 0.253 e. The molecule has 84 valence electrons. The minimum absolute atomic E-state index is 0.00718. The number of benzene rings is 1. The van der Waals surface area contributed by atoms with Crippen LogP contribution in [0.4, 0.5) is 8.78 Å². The molecule has 0 aliphatic rings. The van der Waals surface area contributed by atoms with Gasteiger partial charge in [0.15, 0.2) is 0 Å². The quantitative estimate of drug-likeness (QED) is 0.797. The average Bonchev–Trinajstić information content (AvgIpc) is 2.64. The monoisotopic (exact) mass is 308 g/mol. The highest BCUT2D eigenvalue weighted by Crippen LogP contribution is 2.28. The molecule has 2 rings (SSSR count). The van der Waals surface area contributed by atoms with E-state index in [0.717, 1.165) is 12.1 Å². The number of alkyl halides is 1. The van der Waals surface area contributed by atoms with Crippen LogP contribution in [0, 0.1) is 11.6 Å². The third-order valence-electron chi connectivity index (χ3n) is 1.80. The van der Waals surface area contributed by atoms with Crippen molar-refractivity contribution in [1.29, 1.82) is 0 Å². The van der Waals surface area contributed by atoms with Gasteiger partial charge in [-0.2, -0.15) is 0 Å². The SMILES string of the molecule is Fc1cc(Br)cc(F)c1-c1nnc(CCl)o1. The fraction of sp³-hybridized carbons (Fsp3) is 0.111. The minimum atomic E-state index is -0.781. The molecular formula is C9H4BrClF2N2O. The van der Waals surface area contributed by atoms with Crippen molar-refractivity contribution in [3.05, 3.63) is 34.1 Å². The van der Waals surface area contributed by atoms with Crippen LogP contribution in [0.25, 0.3) is 11.5 Å². The van der Waals surface area contributed by atoms with Crippen LogP contribution in [0.15, 0.2) is 21.0 Å². The van der Waals surface area contributed by atoms with Crippen molar-refractivity contribution in [1.82, 2.24) is 10.2 Å². The minimum Gasteiger partial charge on any atom is -0.419 e. The van der Waals surface area contributed by atoms with Crippen molar-refractivity contribution < 1.29 is 13.2 Å². The summed E-state index contributed by atoms with van der Waals surface area (Å²) in [6, 6.07) is 2.23. The second kappa shape index (κ2) is 4.47. The highest BCUT2D eigenvalue weighted by Gasteiger charge is 2.18. The zero-order valence-corrected chi connectivity index (χ0v) is 10.0. The molecule has 0 aliphatic carbocycles. The lowest BCUT2D eigenvalue weighted by Gasteiger charge is -2.00. The summed E-state index contributed by atoms with van der Waals surface area (Å²) < 4.78 is 32.2. The predicted octanol–water partition coefficient (Wildman–Crippen LogP) is 3.52. The van der Waals surface area contributed by atoms with E-state index in [-0.39, 0.29) is 23.2 Å². The maximum atomic E-state index is 13.5. The molecule has 7 heteroatoms. The van der Waals surface area contributed by atoms with Gasteiger partial charge >= 0.3 is 0 Å². The molecule has 1 aromatic heterocycles. The van der Waals surface area contributed by atoms with Gasteiger partial charge in [0.2, 0.25) is 5.89 Å². The smallest absolute Gasteiger partial charge is 0.253 e. The Bertz CT molecular complexity index is 509. The molecule has 0 N–H and O–H groups in total. The summed E-state index contributed by atoms with van der Waals surface area (Å²) in [6.07, 6.45) is 0. The van der Waals surface area contributed by atoms with E-state index in [9.17, 15) is 8.78 Å². The summed E-state index contributed by atoms with van der Waals surface area (Å²) in [5.41, 5.74) is -0.355. The van der Waals surface area contributed by atoms with Gasteiger partial charge in [0, 0.05) is 4.47 Å². The van der Waals surface area contributed by atoms with Gasteiger partial charge in [-0.3, -0.25) is 0 Å². The summed E-state index contributed by atoms with van der Waals surface area (Å²) >= 11 is 8.41. The van der Waals surface area contributed by atoms with E-state index in [1.54, 1.807) is 0 Å². The van der Waals surface area contributed by atoms with Gasteiger partial charge in [-0.25, -0.2) is 8.78 Å². The van der Waals surface area contributed by atoms with Gasteiger partial charge < -0.3 is 4.42 Å². The summed E-state index contributed by atoms with van der Waals surface area (Å²) in [6.45, 7) is 0. The lowest BCUT2D eigenvalue weighted by molar-refractivity contribution is 0.511. The molecule has 0 aliphatic heterocycles. The van der Waals surface area contributed by atoms with Crippen LogP contribution in [0.1, 0.15) is 5.89 Å².